The Labute approximate surface area is 194 Å². The fourth-order valence-corrected chi connectivity index (χ4v) is 1.52. The van der Waals surface area contributed by atoms with E-state index in [2.05, 4.69) is 6.58 Å². The molecule has 0 saturated carbocycles. The Hall–Kier alpha value is -0.436. The van der Waals surface area contributed by atoms with E-state index in [1.165, 1.54) is 0 Å². The zero-order chi connectivity index (χ0) is 23.5. The zero-order valence-corrected chi connectivity index (χ0v) is 19.8. The summed E-state index contributed by atoms with van der Waals surface area (Å²) in [5, 5.41) is 66.6. The van der Waals surface area contributed by atoms with Gasteiger partial charge in [-0.25, -0.2) is 4.79 Å². The van der Waals surface area contributed by atoms with Crippen LogP contribution in [-0.2, 0) is 26.5 Å². The smallest absolute Gasteiger partial charge is 0.327 e. The number of carboxylic acid groups (broad SMARTS) is 1. The predicted molar refractivity (Wildman–Crippen MR) is 111 cm³/mol. The van der Waals surface area contributed by atoms with Crippen molar-refractivity contribution >= 4 is 5.97 Å². The van der Waals surface area contributed by atoms with Gasteiger partial charge in [-0.3, -0.25) is 9.80 Å². The fourth-order valence-electron chi connectivity index (χ4n) is 1.52. The van der Waals surface area contributed by atoms with Crippen LogP contribution in [0.25, 0.3) is 0 Å². The van der Waals surface area contributed by atoms with Gasteiger partial charge in [-0.05, 0) is 13.8 Å². The molecule has 0 aromatic carbocycles. The van der Waals surface area contributed by atoms with Crippen LogP contribution in [0.3, 0.4) is 0 Å². The van der Waals surface area contributed by atoms with Gasteiger partial charge < -0.3 is 40.9 Å². The van der Waals surface area contributed by atoms with Crippen molar-refractivity contribution in [2.45, 2.75) is 20.0 Å². The van der Waals surface area contributed by atoms with E-state index in [1.54, 1.807) is 23.6 Å². The number of nitrogens with zero attached hydrogens (tertiary/aromatic N) is 2. The van der Waals surface area contributed by atoms with E-state index in [1.807, 2.05) is 0 Å². The molecule has 0 bridgehead atoms. The van der Waals surface area contributed by atoms with Gasteiger partial charge in [0.05, 0.1) is 39.6 Å². The topological polar surface area (TPSA) is 185 Å². The first-order chi connectivity index (χ1) is 13.7. The molecule has 0 radical (unpaired) electrons. The molecule has 0 aliphatic carbocycles. The molecule has 12 heteroatoms. The molecule has 30 heavy (non-hydrogen) atoms. The molecule has 0 atom stereocenters. The van der Waals surface area contributed by atoms with Gasteiger partial charge in [0, 0.05) is 73.2 Å². The summed E-state index contributed by atoms with van der Waals surface area (Å²) in [5.41, 5.74) is 0. The third-order valence-corrected chi connectivity index (χ3v) is 2.67. The van der Waals surface area contributed by atoms with Gasteiger partial charge in [-0.1, -0.05) is 6.58 Å². The maximum Gasteiger partial charge on any atom is 0.327 e. The summed E-state index contributed by atoms with van der Waals surface area (Å²) < 4.78 is 0. The molecule has 8 N–H and O–H groups in total. The van der Waals surface area contributed by atoms with Crippen LogP contribution >= 0.6 is 0 Å². The van der Waals surface area contributed by atoms with E-state index in [-0.39, 0.29) is 67.5 Å². The first-order valence-corrected chi connectivity index (χ1v) is 9.33. The van der Waals surface area contributed by atoms with E-state index in [9.17, 15) is 4.79 Å². The predicted octanol–water partition coefficient (Wildman–Crippen LogP) is -2.83. The van der Waals surface area contributed by atoms with Crippen LogP contribution in [0.4, 0.5) is 0 Å². The SMILES string of the molecule is C=CC(=O)O.CC(C)O.OCCN(CCO)CCO.OCCN(CCO)CCO.[Ti]. The normalized spacial score (nSPS) is 9.47. The summed E-state index contributed by atoms with van der Waals surface area (Å²) >= 11 is 0. The average molecular weight is 478 g/mol. The van der Waals surface area contributed by atoms with Crippen LogP contribution in [0.1, 0.15) is 13.8 Å². The molecule has 11 nitrogen and oxygen atoms in total. The summed E-state index contributed by atoms with van der Waals surface area (Å²) in [4.78, 5) is 12.8. The van der Waals surface area contributed by atoms with Crippen molar-refractivity contribution in [3.63, 3.8) is 0 Å². The molecular weight excluding hydrogens is 436 g/mol. The maximum atomic E-state index is 9.25. The van der Waals surface area contributed by atoms with E-state index < -0.39 is 5.97 Å². The molecular formula is C18H42N2O9Ti. The number of carboxylic acids is 1. The van der Waals surface area contributed by atoms with Crippen LogP contribution in [0.5, 0.6) is 0 Å². The molecule has 0 saturated heterocycles. The number of rotatable bonds is 13. The minimum Gasteiger partial charge on any atom is -0.478 e. The minimum atomic E-state index is -0.981. The van der Waals surface area contributed by atoms with Crippen molar-refractivity contribution in [1.82, 2.24) is 9.80 Å². The van der Waals surface area contributed by atoms with Gasteiger partial charge in [-0.2, -0.15) is 0 Å². The molecule has 0 aromatic heterocycles. The Kier molecular flexibility index (Phi) is 47.9. The maximum absolute atomic E-state index is 9.25. The van der Waals surface area contributed by atoms with Gasteiger partial charge in [0.15, 0.2) is 0 Å². The van der Waals surface area contributed by atoms with E-state index in [0.717, 1.165) is 6.08 Å². The molecule has 0 aromatic rings. The van der Waals surface area contributed by atoms with E-state index >= 15 is 0 Å². The summed E-state index contributed by atoms with van der Waals surface area (Å²) in [7, 11) is 0. The molecule has 0 fully saturated rings. The number of hydrogen-bond donors (Lipinski definition) is 8. The van der Waals surface area contributed by atoms with Crippen molar-refractivity contribution in [2.75, 3.05) is 78.9 Å². The van der Waals surface area contributed by atoms with Crippen LogP contribution in [-0.4, -0.2) is 142 Å². The molecule has 0 unspecified atom stereocenters. The van der Waals surface area contributed by atoms with Crippen molar-refractivity contribution < 1.29 is 67.4 Å². The van der Waals surface area contributed by atoms with Gasteiger partial charge >= 0.3 is 5.97 Å². The first kappa shape index (κ1) is 40.0. The Morgan fingerprint density at radius 1 is 0.733 bits per heavy atom. The molecule has 0 amide bonds. The second kappa shape index (κ2) is 36.0. The molecule has 0 rings (SSSR count). The Balaban J connectivity index is -0.0000000979. The number of aliphatic hydroxyl groups excluding tert-OH is 7. The number of aliphatic hydroxyl groups is 7. The largest absolute Gasteiger partial charge is 0.478 e. The molecule has 0 aliphatic heterocycles. The summed E-state index contributed by atoms with van der Waals surface area (Å²) in [5.74, 6) is -0.981. The second-order valence-electron chi connectivity index (χ2n) is 5.66. The quantitative estimate of drug-likeness (QED) is 0.101. The minimum absolute atomic E-state index is 0. The van der Waals surface area contributed by atoms with Gasteiger partial charge in [0.25, 0.3) is 0 Å². The summed E-state index contributed by atoms with van der Waals surface area (Å²) in [6, 6.07) is 0. The fraction of sp³-hybridized carbons (Fsp3) is 0.833. The van der Waals surface area contributed by atoms with Crippen LogP contribution in [0.15, 0.2) is 12.7 Å². The Bertz CT molecular complexity index is 279. The number of hydrogen-bond acceptors (Lipinski definition) is 10. The first-order valence-electron chi connectivity index (χ1n) is 9.33. The van der Waals surface area contributed by atoms with Crippen LogP contribution in [0.2, 0.25) is 0 Å². The van der Waals surface area contributed by atoms with Crippen molar-refractivity contribution in [3.05, 3.63) is 12.7 Å². The Morgan fingerprint density at radius 3 is 0.933 bits per heavy atom. The second-order valence-corrected chi connectivity index (χ2v) is 5.66. The molecule has 0 heterocycles. The van der Waals surface area contributed by atoms with Gasteiger partial charge in [0.1, 0.15) is 0 Å². The van der Waals surface area contributed by atoms with Crippen molar-refractivity contribution in [2.24, 2.45) is 0 Å². The number of aliphatic carboxylic acids is 1. The summed E-state index contributed by atoms with van der Waals surface area (Å²) in [6.07, 6.45) is 0.667. The third-order valence-electron chi connectivity index (χ3n) is 2.67. The van der Waals surface area contributed by atoms with E-state index in [0.29, 0.717) is 39.3 Å². The van der Waals surface area contributed by atoms with E-state index in [4.69, 9.17) is 40.9 Å². The average Bonchev–Trinajstić information content (AvgIpc) is 2.64. The molecule has 0 spiro atoms. The van der Waals surface area contributed by atoms with Crippen LogP contribution in [0, 0.1) is 0 Å². The van der Waals surface area contributed by atoms with Crippen molar-refractivity contribution in [1.29, 1.82) is 0 Å². The standard InChI is InChI=1S/2C6H15NO3.C3H4O2.C3H8O.Ti/c2*8-4-1-7(2-5-9)3-6-10;1-2-3(4)5;1-3(2)4;/h2*8-10H,1-6H2;2H,1H2,(H,4,5);3-4H,1-2H3;. The Morgan fingerprint density at radius 2 is 0.867 bits per heavy atom. The molecule has 182 valence electrons. The number of carbonyl (C=O) groups is 1. The van der Waals surface area contributed by atoms with Crippen molar-refractivity contribution in [3.8, 4) is 0 Å². The summed E-state index contributed by atoms with van der Waals surface area (Å²) in [6.45, 7) is 9.91. The molecule has 0 aliphatic rings. The third kappa shape index (κ3) is 50.8. The van der Waals surface area contributed by atoms with Gasteiger partial charge in [-0.15, -0.1) is 0 Å². The monoisotopic (exact) mass is 478 g/mol. The van der Waals surface area contributed by atoms with Crippen LogP contribution < -0.4 is 0 Å². The van der Waals surface area contributed by atoms with Gasteiger partial charge in [0.2, 0.25) is 0 Å². The zero-order valence-electron chi connectivity index (χ0n) is 18.2.